The van der Waals surface area contributed by atoms with Crippen LogP contribution in [0, 0.1) is 0 Å². The third kappa shape index (κ3) is 6.48. The molecule has 0 amide bonds. The molecule has 202 valence electrons. The maximum atomic E-state index is 12.5. The molecule has 2 aromatic heterocycles. The Labute approximate surface area is 223 Å². The Bertz CT molecular complexity index is 1300. The molecule has 4 rings (SSSR count). The molecule has 0 unspecified atom stereocenters. The maximum Gasteiger partial charge on any atom is 0.511 e. The first-order valence-electron chi connectivity index (χ1n) is 13.1. The minimum absolute atomic E-state index is 0. The van der Waals surface area contributed by atoms with E-state index in [1.54, 1.807) is 0 Å². The van der Waals surface area contributed by atoms with E-state index in [1.165, 1.54) is 50.6 Å². The van der Waals surface area contributed by atoms with Gasteiger partial charge in [0.05, 0.1) is 5.69 Å². The van der Waals surface area contributed by atoms with Crippen LogP contribution in [0.3, 0.4) is 0 Å². The standard InChI is InChI=1S/C28H37N3O5.ClH/c1-3-4-5-6-7-8-9-13-29-17-20-14-19-15-22-18(16-23(19)31(20)2)11-10-12-21-24(22)30-27(33)26(25(21)32)36-28(34)35;/h14-16,29H,3-13,17H2,1-2H3,(H,34,35)(H2,30,32,33);1H. The Hall–Kier alpha value is -2.97. The molecule has 37 heavy (non-hydrogen) atoms. The normalized spacial score (nSPS) is 12.5. The quantitative estimate of drug-likeness (QED) is 0.177. The lowest BCUT2D eigenvalue weighted by Crippen LogP contribution is -2.17. The van der Waals surface area contributed by atoms with E-state index in [-0.39, 0.29) is 12.4 Å². The van der Waals surface area contributed by atoms with Gasteiger partial charge in [-0.15, -0.1) is 12.4 Å². The van der Waals surface area contributed by atoms with E-state index in [4.69, 9.17) is 5.11 Å². The van der Waals surface area contributed by atoms with E-state index in [1.807, 2.05) is 0 Å². The highest BCUT2D eigenvalue weighted by Gasteiger charge is 2.25. The number of unbranched alkanes of at least 4 members (excludes halogenated alkanes) is 6. The van der Waals surface area contributed by atoms with Crippen LogP contribution in [0.5, 0.6) is 11.5 Å². The second kappa shape index (κ2) is 13.0. The SMILES string of the molecule is CCCCCCCCCNCc1cc2cc3c(cc2n1C)CCCc1c-3[nH]c(=O)c(OC(=O)O)c1O.Cl. The smallest absolute Gasteiger partial charge is 0.504 e. The van der Waals surface area contributed by atoms with Crippen molar-refractivity contribution in [2.24, 2.45) is 7.05 Å². The number of ether oxygens (including phenoxy) is 1. The maximum absolute atomic E-state index is 12.5. The number of carboxylic acid groups (broad SMARTS) is 1. The molecule has 3 aromatic rings. The van der Waals surface area contributed by atoms with Crippen molar-refractivity contribution >= 4 is 29.5 Å². The van der Waals surface area contributed by atoms with Crippen molar-refractivity contribution in [1.82, 2.24) is 14.9 Å². The Morgan fingerprint density at radius 3 is 2.57 bits per heavy atom. The number of aromatic nitrogens is 2. The Balaban J connectivity index is 0.00000380. The highest BCUT2D eigenvalue weighted by atomic mass is 35.5. The number of nitrogens with zero attached hydrogens (tertiary/aromatic N) is 1. The molecule has 0 bridgehead atoms. The zero-order chi connectivity index (χ0) is 25.7. The summed E-state index contributed by atoms with van der Waals surface area (Å²) in [5, 5.41) is 24.2. The zero-order valence-corrected chi connectivity index (χ0v) is 22.5. The third-order valence-electron chi connectivity index (χ3n) is 7.21. The molecule has 8 nitrogen and oxygen atoms in total. The second-order valence-electron chi connectivity index (χ2n) is 9.77. The van der Waals surface area contributed by atoms with Crippen LogP contribution >= 0.6 is 12.4 Å². The monoisotopic (exact) mass is 531 g/mol. The first kappa shape index (κ1) is 28.6. The molecule has 0 aliphatic heterocycles. The van der Waals surface area contributed by atoms with E-state index in [2.05, 4.69) is 51.8 Å². The van der Waals surface area contributed by atoms with Gasteiger partial charge in [-0.3, -0.25) is 4.79 Å². The van der Waals surface area contributed by atoms with Crippen LogP contribution in [0.15, 0.2) is 23.0 Å². The minimum Gasteiger partial charge on any atom is -0.504 e. The van der Waals surface area contributed by atoms with Crippen molar-refractivity contribution in [2.45, 2.75) is 77.7 Å². The number of aromatic hydroxyl groups is 1. The highest BCUT2D eigenvalue weighted by molar-refractivity contribution is 5.89. The average molecular weight is 532 g/mol. The van der Waals surface area contributed by atoms with Crippen LogP contribution in [0.4, 0.5) is 4.79 Å². The first-order chi connectivity index (χ1) is 17.4. The Kier molecular flexibility index (Phi) is 10.1. The van der Waals surface area contributed by atoms with Crippen molar-refractivity contribution < 1.29 is 19.7 Å². The number of halogens is 1. The molecule has 1 aromatic carbocycles. The third-order valence-corrected chi connectivity index (χ3v) is 7.21. The molecule has 0 atom stereocenters. The number of carbonyl (C=O) groups is 1. The first-order valence-corrected chi connectivity index (χ1v) is 13.1. The number of pyridine rings is 1. The van der Waals surface area contributed by atoms with Gasteiger partial charge in [-0.05, 0) is 56.0 Å². The molecule has 2 heterocycles. The summed E-state index contributed by atoms with van der Waals surface area (Å²) in [5.74, 6) is -0.966. The number of rotatable bonds is 11. The molecular weight excluding hydrogens is 494 g/mol. The number of hydrogen-bond donors (Lipinski definition) is 4. The van der Waals surface area contributed by atoms with Crippen molar-refractivity contribution in [3.63, 3.8) is 0 Å². The van der Waals surface area contributed by atoms with E-state index < -0.39 is 23.2 Å². The van der Waals surface area contributed by atoms with Crippen LogP contribution < -0.4 is 15.6 Å². The van der Waals surface area contributed by atoms with Crippen LogP contribution in [0.1, 0.15) is 75.1 Å². The summed E-state index contributed by atoms with van der Waals surface area (Å²) in [6.07, 6.45) is 9.48. The predicted octanol–water partition coefficient (Wildman–Crippen LogP) is 6.05. The Morgan fingerprint density at radius 1 is 1.11 bits per heavy atom. The molecule has 0 saturated carbocycles. The second-order valence-corrected chi connectivity index (χ2v) is 9.77. The van der Waals surface area contributed by atoms with Crippen LogP contribution in [0.25, 0.3) is 22.2 Å². The van der Waals surface area contributed by atoms with E-state index in [0.29, 0.717) is 17.7 Å². The summed E-state index contributed by atoms with van der Waals surface area (Å²) in [7, 11) is 2.08. The van der Waals surface area contributed by atoms with Gasteiger partial charge in [-0.25, -0.2) is 4.79 Å². The lowest BCUT2D eigenvalue weighted by Gasteiger charge is -2.13. The average Bonchev–Trinajstić information content (AvgIpc) is 3.03. The Morgan fingerprint density at radius 2 is 1.84 bits per heavy atom. The van der Waals surface area contributed by atoms with E-state index >= 15 is 0 Å². The summed E-state index contributed by atoms with van der Waals surface area (Å²) in [6, 6.07) is 6.39. The summed E-state index contributed by atoms with van der Waals surface area (Å²) < 4.78 is 6.77. The molecule has 1 aliphatic carbocycles. The largest absolute Gasteiger partial charge is 0.511 e. The predicted molar refractivity (Wildman–Crippen MR) is 148 cm³/mol. The molecule has 0 saturated heterocycles. The van der Waals surface area contributed by atoms with E-state index in [0.717, 1.165) is 48.0 Å². The lowest BCUT2D eigenvalue weighted by molar-refractivity contribution is 0.142. The molecular formula is C28H38ClN3O5. The van der Waals surface area contributed by atoms with Crippen LogP contribution in [-0.4, -0.2) is 32.5 Å². The molecule has 0 radical (unpaired) electrons. The fourth-order valence-electron chi connectivity index (χ4n) is 5.24. The van der Waals surface area contributed by atoms with Crippen molar-refractivity contribution in [3.05, 3.63) is 45.4 Å². The molecule has 9 heteroatoms. The lowest BCUT2D eigenvalue weighted by atomic mass is 9.99. The number of H-pyrrole nitrogens is 1. The van der Waals surface area contributed by atoms with Gasteiger partial charge in [-0.1, -0.05) is 45.4 Å². The number of aryl methyl sites for hydroxylation is 2. The topological polar surface area (TPSA) is 117 Å². The number of fused-ring (bicyclic) bond motifs is 4. The van der Waals surface area contributed by atoms with Crippen LogP contribution in [-0.2, 0) is 26.4 Å². The fourth-order valence-corrected chi connectivity index (χ4v) is 5.24. The minimum atomic E-state index is -1.64. The van der Waals surface area contributed by atoms with Crippen molar-refractivity contribution in [2.75, 3.05) is 6.54 Å². The summed E-state index contributed by atoms with van der Waals surface area (Å²) >= 11 is 0. The number of nitrogens with one attached hydrogen (secondary N) is 2. The number of hydrogen-bond acceptors (Lipinski definition) is 5. The summed E-state index contributed by atoms with van der Waals surface area (Å²) in [4.78, 5) is 26.3. The van der Waals surface area contributed by atoms with E-state index in [9.17, 15) is 14.7 Å². The van der Waals surface area contributed by atoms with Gasteiger partial charge >= 0.3 is 6.16 Å². The van der Waals surface area contributed by atoms with Gasteiger partial charge in [0.25, 0.3) is 5.56 Å². The fraction of sp³-hybridized carbons (Fsp3) is 0.500. The van der Waals surface area contributed by atoms with Gasteiger partial charge in [0.1, 0.15) is 0 Å². The summed E-state index contributed by atoms with van der Waals surface area (Å²) in [6.45, 7) is 4.03. The number of aromatic amines is 1. The van der Waals surface area contributed by atoms with Gasteiger partial charge in [0.15, 0.2) is 5.75 Å². The number of benzene rings is 1. The van der Waals surface area contributed by atoms with Crippen LogP contribution in [0.2, 0.25) is 0 Å². The van der Waals surface area contributed by atoms with Crippen molar-refractivity contribution in [3.8, 4) is 22.8 Å². The molecule has 0 spiro atoms. The van der Waals surface area contributed by atoms with Gasteiger partial charge in [0, 0.05) is 41.3 Å². The molecule has 1 aliphatic rings. The highest BCUT2D eigenvalue weighted by Crippen LogP contribution is 2.40. The summed E-state index contributed by atoms with van der Waals surface area (Å²) in [5.41, 5.74) is 4.55. The molecule has 0 fully saturated rings. The van der Waals surface area contributed by atoms with Gasteiger partial charge in [0.2, 0.25) is 5.75 Å². The zero-order valence-electron chi connectivity index (χ0n) is 21.7. The molecule has 4 N–H and O–H groups in total. The van der Waals surface area contributed by atoms with Gasteiger partial charge < -0.3 is 29.8 Å². The van der Waals surface area contributed by atoms with Gasteiger partial charge in [-0.2, -0.15) is 0 Å². The van der Waals surface area contributed by atoms with Crippen molar-refractivity contribution in [1.29, 1.82) is 0 Å².